The molecule has 0 radical (unpaired) electrons. The molecule has 7 nitrogen and oxygen atoms in total. The summed E-state index contributed by atoms with van der Waals surface area (Å²) in [6.07, 6.45) is 2.38. The summed E-state index contributed by atoms with van der Waals surface area (Å²) in [6.45, 7) is 1.98. The molecule has 7 heteroatoms. The number of benzene rings is 1. The lowest BCUT2D eigenvalue weighted by Crippen LogP contribution is -2.15. The van der Waals surface area contributed by atoms with E-state index < -0.39 is 4.92 Å². The second kappa shape index (κ2) is 7.03. The van der Waals surface area contributed by atoms with Crippen molar-refractivity contribution in [3.63, 3.8) is 0 Å². The van der Waals surface area contributed by atoms with E-state index in [9.17, 15) is 14.9 Å². The number of hydrogen-bond acceptors (Lipinski definition) is 5. The number of ether oxygens (including phenoxy) is 1. The van der Waals surface area contributed by atoms with Gasteiger partial charge in [0.1, 0.15) is 5.75 Å². The van der Waals surface area contributed by atoms with E-state index in [0.717, 1.165) is 25.9 Å². The summed E-state index contributed by atoms with van der Waals surface area (Å²) < 4.78 is 5.09. The van der Waals surface area contributed by atoms with Crippen molar-refractivity contribution in [3.8, 4) is 5.75 Å². The Hall–Kier alpha value is -2.15. The highest BCUT2D eigenvalue weighted by Crippen LogP contribution is 2.29. The molecule has 2 N–H and O–H groups in total. The Bertz CT molecular complexity index is 527. The van der Waals surface area contributed by atoms with Gasteiger partial charge in [-0.2, -0.15) is 0 Å². The second-order valence-electron chi connectivity index (χ2n) is 5.09. The Morgan fingerprint density at radius 1 is 1.57 bits per heavy atom. The minimum Gasteiger partial charge on any atom is -0.494 e. The van der Waals surface area contributed by atoms with Crippen molar-refractivity contribution in [1.82, 2.24) is 5.32 Å². The second-order valence-corrected chi connectivity index (χ2v) is 5.09. The van der Waals surface area contributed by atoms with Crippen molar-refractivity contribution in [2.75, 3.05) is 25.5 Å². The van der Waals surface area contributed by atoms with Gasteiger partial charge < -0.3 is 15.4 Å². The summed E-state index contributed by atoms with van der Waals surface area (Å²) in [4.78, 5) is 22.1. The Kier molecular flexibility index (Phi) is 5.10. The van der Waals surface area contributed by atoms with Crippen LogP contribution in [0.15, 0.2) is 18.2 Å². The number of amides is 1. The third-order valence-electron chi connectivity index (χ3n) is 3.61. The predicted octanol–water partition coefficient (Wildman–Crippen LogP) is 1.93. The van der Waals surface area contributed by atoms with Crippen molar-refractivity contribution >= 4 is 17.3 Å². The molecule has 2 rings (SSSR count). The molecule has 0 aliphatic carbocycles. The van der Waals surface area contributed by atoms with E-state index in [-0.39, 0.29) is 11.6 Å². The van der Waals surface area contributed by atoms with Crippen LogP contribution in [-0.4, -0.2) is 31.0 Å². The number of methoxy groups -OCH3 is 1. The normalized spacial score (nSPS) is 17.5. The van der Waals surface area contributed by atoms with Crippen molar-refractivity contribution in [1.29, 1.82) is 0 Å². The van der Waals surface area contributed by atoms with Crippen molar-refractivity contribution in [2.24, 2.45) is 5.92 Å². The van der Waals surface area contributed by atoms with Gasteiger partial charge in [0, 0.05) is 12.5 Å². The number of nitro benzene ring substituents is 1. The lowest BCUT2D eigenvalue weighted by atomic mass is 10.0. The van der Waals surface area contributed by atoms with Gasteiger partial charge in [0.25, 0.3) is 5.69 Å². The van der Waals surface area contributed by atoms with Gasteiger partial charge in [-0.05, 0) is 37.9 Å². The molecular weight excluding hydrogens is 274 g/mol. The summed E-state index contributed by atoms with van der Waals surface area (Å²) in [5.41, 5.74) is 0.388. The third-order valence-corrected chi connectivity index (χ3v) is 3.61. The highest BCUT2D eigenvalue weighted by molar-refractivity contribution is 5.92. The lowest BCUT2D eigenvalue weighted by Gasteiger charge is -2.11. The number of nitrogens with one attached hydrogen (secondary N) is 2. The predicted molar refractivity (Wildman–Crippen MR) is 78.5 cm³/mol. The highest BCUT2D eigenvalue weighted by Gasteiger charge is 2.17. The number of non-ortho nitro benzene ring substituents is 1. The number of carbonyl (C=O) groups excluding carboxylic acids is 1. The van der Waals surface area contributed by atoms with Crippen molar-refractivity contribution in [3.05, 3.63) is 28.3 Å². The average Bonchev–Trinajstić information content (AvgIpc) is 2.98. The average molecular weight is 293 g/mol. The van der Waals surface area contributed by atoms with Crippen LogP contribution in [0.5, 0.6) is 5.75 Å². The molecule has 0 saturated carbocycles. The molecule has 0 aromatic heterocycles. The van der Waals surface area contributed by atoms with Crippen LogP contribution in [0.1, 0.15) is 19.3 Å². The molecule has 1 amide bonds. The molecule has 1 aliphatic heterocycles. The highest BCUT2D eigenvalue weighted by atomic mass is 16.6. The molecule has 1 aromatic carbocycles. The Labute approximate surface area is 122 Å². The number of nitro groups is 1. The fourth-order valence-electron chi connectivity index (χ4n) is 2.41. The minimum absolute atomic E-state index is 0.0677. The maximum atomic E-state index is 11.9. The largest absolute Gasteiger partial charge is 0.494 e. The Balaban J connectivity index is 1.94. The van der Waals surface area contributed by atoms with Crippen LogP contribution < -0.4 is 15.4 Å². The molecule has 1 unspecified atom stereocenters. The summed E-state index contributed by atoms with van der Waals surface area (Å²) in [5, 5.41) is 16.7. The summed E-state index contributed by atoms with van der Waals surface area (Å²) >= 11 is 0. The number of nitrogens with zero attached hydrogens (tertiary/aromatic N) is 1. The van der Waals surface area contributed by atoms with Gasteiger partial charge in [0.05, 0.1) is 23.8 Å². The summed E-state index contributed by atoms with van der Waals surface area (Å²) in [6, 6.07) is 4.14. The number of hydrogen-bond donors (Lipinski definition) is 2. The topological polar surface area (TPSA) is 93.5 Å². The molecular formula is C14H19N3O4. The molecule has 1 atom stereocenters. The van der Waals surface area contributed by atoms with Gasteiger partial charge in [-0.15, -0.1) is 0 Å². The summed E-state index contributed by atoms with van der Waals surface area (Å²) in [7, 11) is 1.42. The van der Waals surface area contributed by atoms with E-state index in [0.29, 0.717) is 23.8 Å². The van der Waals surface area contributed by atoms with E-state index >= 15 is 0 Å². The van der Waals surface area contributed by atoms with E-state index in [4.69, 9.17) is 4.74 Å². The zero-order valence-corrected chi connectivity index (χ0v) is 11.9. The quantitative estimate of drug-likeness (QED) is 0.617. The van der Waals surface area contributed by atoms with E-state index in [1.807, 2.05) is 0 Å². The van der Waals surface area contributed by atoms with E-state index in [1.54, 1.807) is 0 Å². The molecule has 21 heavy (non-hydrogen) atoms. The fourth-order valence-corrected chi connectivity index (χ4v) is 2.41. The maximum absolute atomic E-state index is 11.9. The zero-order chi connectivity index (χ0) is 15.2. The van der Waals surface area contributed by atoms with Gasteiger partial charge in [0.15, 0.2) is 0 Å². The zero-order valence-electron chi connectivity index (χ0n) is 11.9. The van der Waals surface area contributed by atoms with Gasteiger partial charge >= 0.3 is 0 Å². The molecule has 1 saturated heterocycles. The minimum atomic E-state index is -0.499. The van der Waals surface area contributed by atoms with Crippen molar-refractivity contribution in [2.45, 2.75) is 19.3 Å². The fraction of sp³-hybridized carbons (Fsp3) is 0.500. The Morgan fingerprint density at radius 3 is 3.00 bits per heavy atom. The molecule has 0 bridgehead atoms. The Morgan fingerprint density at radius 2 is 2.38 bits per heavy atom. The molecule has 1 aliphatic rings. The van der Waals surface area contributed by atoms with Crippen LogP contribution in [0.2, 0.25) is 0 Å². The van der Waals surface area contributed by atoms with Gasteiger partial charge in [-0.3, -0.25) is 14.9 Å². The van der Waals surface area contributed by atoms with Crippen LogP contribution in [-0.2, 0) is 4.79 Å². The smallest absolute Gasteiger partial charge is 0.273 e. The van der Waals surface area contributed by atoms with Gasteiger partial charge in [-0.25, -0.2) is 0 Å². The van der Waals surface area contributed by atoms with Crippen LogP contribution >= 0.6 is 0 Å². The lowest BCUT2D eigenvalue weighted by molar-refractivity contribution is -0.384. The third kappa shape index (κ3) is 4.16. The number of anilines is 1. The monoisotopic (exact) mass is 293 g/mol. The first-order chi connectivity index (χ1) is 10.1. The molecule has 1 fully saturated rings. The number of carbonyl (C=O) groups is 1. The van der Waals surface area contributed by atoms with E-state index in [2.05, 4.69) is 10.6 Å². The maximum Gasteiger partial charge on any atom is 0.273 e. The molecule has 1 aromatic rings. The molecule has 1 heterocycles. The van der Waals surface area contributed by atoms with Crippen LogP contribution in [0.25, 0.3) is 0 Å². The first-order valence-electron chi connectivity index (χ1n) is 6.93. The summed E-state index contributed by atoms with van der Waals surface area (Å²) in [5.74, 6) is 0.739. The van der Waals surface area contributed by atoms with Crippen molar-refractivity contribution < 1.29 is 14.5 Å². The molecule has 0 spiro atoms. The number of rotatable bonds is 6. The van der Waals surface area contributed by atoms with E-state index in [1.165, 1.54) is 25.3 Å². The van der Waals surface area contributed by atoms with Crippen LogP contribution in [0.3, 0.4) is 0 Å². The van der Waals surface area contributed by atoms with Gasteiger partial charge in [-0.1, -0.05) is 0 Å². The SMILES string of the molecule is COc1cc([N+](=O)[O-])ccc1NC(=O)CCC1CCNC1. The molecule has 114 valence electrons. The van der Waals surface area contributed by atoms with Crippen LogP contribution in [0.4, 0.5) is 11.4 Å². The van der Waals surface area contributed by atoms with Gasteiger partial charge in [0.2, 0.25) is 5.91 Å². The standard InChI is InChI=1S/C14H19N3O4/c1-21-13-8-11(17(19)20)3-4-12(13)16-14(18)5-2-10-6-7-15-9-10/h3-4,8,10,15H,2,5-7,9H2,1H3,(H,16,18). The van der Waals surface area contributed by atoms with Crippen LogP contribution in [0, 0.1) is 16.0 Å². The first-order valence-corrected chi connectivity index (χ1v) is 6.93. The first kappa shape index (κ1) is 15.2.